The zero-order valence-electron chi connectivity index (χ0n) is 15.1. The van der Waals surface area contributed by atoms with Gasteiger partial charge in [0.05, 0.1) is 22.1 Å². The summed E-state index contributed by atoms with van der Waals surface area (Å²) >= 11 is 1.33. The molecular weight excluding hydrogens is 468 g/mol. The maximum absolute atomic E-state index is 13.2. The fourth-order valence-corrected chi connectivity index (χ4v) is 4.35. The van der Waals surface area contributed by atoms with Crippen molar-refractivity contribution in [3.8, 4) is 0 Å². The molecule has 1 amide bonds. The van der Waals surface area contributed by atoms with Gasteiger partial charge in [0.15, 0.2) is 0 Å². The Balaban J connectivity index is 1.89. The number of hydrogen-bond acceptors (Lipinski definition) is 4. The molecule has 1 aromatic heterocycles. The molecule has 31 heavy (non-hydrogen) atoms. The van der Waals surface area contributed by atoms with E-state index in [4.69, 9.17) is 0 Å². The second kappa shape index (κ2) is 8.00. The smallest absolute Gasteiger partial charge is 0.268 e. The third kappa shape index (κ3) is 5.25. The first-order chi connectivity index (χ1) is 14.3. The van der Waals surface area contributed by atoms with E-state index >= 15 is 0 Å². The van der Waals surface area contributed by atoms with E-state index in [-0.39, 0.29) is 18.2 Å². The van der Waals surface area contributed by atoms with Gasteiger partial charge in [-0.15, -0.1) is 11.3 Å². The summed E-state index contributed by atoms with van der Waals surface area (Å²) in [5.74, 6) is -1.71. The van der Waals surface area contributed by atoms with Gasteiger partial charge in [0.2, 0.25) is 0 Å². The van der Waals surface area contributed by atoms with Crippen molar-refractivity contribution in [2.75, 3.05) is 0 Å². The standard InChI is InChI=1S/C19H11F6NO3S2/c20-18(21,22)12-5-6-14(15(9-12)19(23,24)25)17(27)26-31(28,29)8-7-11-10-30-16-4-2-1-3-13(11)16/h1-10H,(H,26,27)/b8-7+. The predicted molar refractivity (Wildman–Crippen MR) is 104 cm³/mol. The van der Waals surface area contributed by atoms with Gasteiger partial charge in [0.1, 0.15) is 0 Å². The Kier molecular flexibility index (Phi) is 5.89. The zero-order chi connectivity index (χ0) is 23.0. The third-order valence-corrected chi connectivity index (χ3v) is 6.02. The molecular formula is C19H11F6NO3S2. The fraction of sp³-hybridized carbons (Fsp3) is 0.105. The Morgan fingerprint density at radius 1 is 0.968 bits per heavy atom. The minimum absolute atomic E-state index is 0.241. The number of carbonyl (C=O) groups excluding carboxylic acids is 1. The summed E-state index contributed by atoms with van der Waals surface area (Å²) in [6, 6.07) is 7.36. The van der Waals surface area contributed by atoms with Gasteiger partial charge < -0.3 is 0 Å². The molecule has 3 rings (SSSR count). The van der Waals surface area contributed by atoms with E-state index in [9.17, 15) is 39.6 Å². The molecule has 1 N–H and O–H groups in total. The number of halogens is 6. The van der Waals surface area contributed by atoms with Crippen molar-refractivity contribution in [3.05, 3.63) is 75.5 Å². The minimum Gasteiger partial charge on any atom is -0.268 e. The number of rotatable bonds is 4. The maximum Gasteiger partial charge on any atom is 0.417 e. The molecule has 0 atom stereocenters. The molecule has 1 heterocycles. The van der Waals surface area contributed by atoms with E-state index in [1.807, 2.05) is 0 Å². The fourth-order valence-electron chi connectivity index (χ4n) is 2.66. The second-order valence-electron chi connectivity index (χ2n) is 6.22. The Bertz CT molecular complexity index is 1270. The summed E-state index contributed by atoms with van der Waals surface area (Å²) in [5, 5.41) is 2.97. The van der Waals surface area contributed by atoms with Crippen molar-refractivity contribution in [1.82, 2.24) is 4.72 Å². The molecule has 164 valence electrons. The van der Waals surface area contributed by atoms with E-state index in [2.05, 4.69) is 0 Å². The van der Waals surface area contributed by atoms with Gasteiger partial charge in [0, 0.05) is 4.70 Å². The molecule has 0 radical (unpaired) electrons. The average Bonchev–Trinajstić information content (AvgIpc) is 3.07. The Morgan fingerprint density at radius 3 is 2.29 bits per heavy atom. The van der Waals surface area contributed by atoms with Gasteiger partial charge in [0.25, 0.3) is 15.9 Å². The molecule has 0 saturated carbocycles. The SMILES string of the molecule is O=C(NS(=O)(=O)/C=C/c1csc2ccccc12)c1ccc(C(F)(F)F)cc1C(F)(F)F. The zero-order valence-corrected chi connectivity index (χ0v) is 16.7. The van der Waals surface area contributed by atoms with Gasteiger partial charge in [-0.2, -0.15) is 26.3 Å². The van der Waals surface area contributed by atoms with Crippen molar-refractivity contribution < 1.29 is 39.6 Å². The van der Waals surface area contributed by atoms with Crippen LogP contribution in [-0.4, -0.2) is 14.3 Å². The molecule has 0 aliphatic rings. The Hall–Kier alpha value is -2.86. The lowest BCUT2D eigenvalue weighted by Crippen LogP contribution is -2.31. The molecule has 3 aromatic rings. The average molecular weight is 479 g/mol. The second-order valence-corrected chi connectivity index (χ2v) is 8.70. The highest BCUT2D eigenvalue weighted by Gasteiger charge is 2.39. The van der Waals surface area contributed by atoms with Crippen LogP contribution in [0.2, 0.25) is 0 Å². The lowest BCUT2D eigenvalue weighted by molar-refractivity contribution is -0.143. The van der Waals surface area contributed by atoms with Crippen molar-refractivity contribution >= 4 is 43.4 Å². The van der Waals surface area contributed by atoms with Crippen molar-refractivity contribution in [2.24, 2.45) is 0 Å². The molecule has 0 aliphatic carbocycles. The van der Waals surface area contributed by atoms with Crippen LogP contribution in [0.15, 0.2) is 53.3 Å². The first-order valence-corrected chi connectivity index (χ1v) is 10.7. The third-order valence-electron chi connectivity index (χ3n) is 4.07. The van der Waals surface area contributed by atoms with E-state index in [0.717, 1.165) is 16.2 Å². The van der Waals surface area contributed by atoms with E-state index in [1.54, 1.807) is 29.6 Å². The van der Waals surface area contributed by atoms with Gasteiger partial charge in [-0.3, -0.25) is 4.79 Å². The van der Waals surface area contributed by atoms with Gasteiger partial charge >= 0.3 is 12.4 Å². The van der Waals surface area contributed by atoms with Crippen LogP contribution in [0.4, 0.5) is 26.3 Å². The molecule has 2 aromatic carbocycles. The van der Waals surface area contributed by atoms with Crippen molar-refractivity contribution in [3.63, 3.8) is 0 Å². The van der Waals surface area contributed by atoms with Crippen LogP contribution in [0.5, 0.6) is 0 Å². The van der Waals surface area contributed by atoms with Crippen LogP contribution in [0, 0.1) is 0 Å². The number of alkyl halides is 6. The predicted octanol–water partition coefficient (Wildman–Crippen LogP) is 5.67. The first-order valence-electron chi connectivity index (χ1n) is 8.28. The number of fused-ring (bicyclic) bond motifs is 1. The van der Waals surface area contributed by atoms with E-state index in [1.165, 1.54) is 16.1 Å². The van der Waals surface area contributed by atoms with E-state index in [0.29, 0.717) is 11.0 Å². The molecule has 4 nitrogen and oxygen atoms in total. The highest BCUT2D eigenvalue weighted by atomic mass is 32.2. The van der Waals surface area contributed by atoms with Crippen LogP contribution >= 0.6 is 11.3 Å². The largest absolute Gasteiger partial charge is 0.417 e. The van der Waals surface area contributed by atoms with Crippen molar-refractivity contribution in [2.45, 2.75) is 12.4 Å². The monoisotopic (exact) mass is 479 g/mol. The molecule has 12 heteroatoms. The summed E-state index contributed by atoms with van der Waals surface area (Å²) in [6.45, 7) is 0. The molecule has 0 fully saturated rings. The lowest BCUT2D eigenvalue weighted by Gasteiger charge is -2.15. The summed E-state index contributed by atoms with van der Waals surface area (Å²) < 4.78 is 104. The van der Waals surface area contributed by atoms with Gasteiger partial charge in [-0.05, 0) is 46.7 Å². The number of thiophene rings is 1. The minimum atomic E-state index is -5.32. The number of sulfonamides is 1. The first kappa shape index (κ1) is 22.8. The maximum atomic E-state index is 13.2. The van der Waals surface area contributed by atoms with Crippen LogP contribution < -0.4 is 4.72 Å². The number of benzene rings is 2. The molecule has 0 spiro atoms. The highest BCUT2D eigenvalue weighted by molar-refractivity contribution is 7.93. The number of nitrogens with one attached hydrogen (secondary N) is 1. The van der Waals surface area contributed by atoms with Gasteiger partial charge in [-0.1, -0.05) is 18.2 Å². The summed E-state index contributed by atoms with van der Waals surface area (Å²) in [5.41, 5.74) is -4.27. The molecule has 0 saturated heterocycles. The quantitative estimate of drug-likeness (QED) is 0.491. The molecule has 0 aliphatic heterocycles. The normalized spacial score (nSPS) is 13.1. The number of carbonyl (C=O) groups is 1. The summed E-state index contributed by atoms with van der Waals surface area (Å²) in [4.78, 5) is 12.2. The number of amides is 1. The summed E-state index contributed by atoms with van der Waals surface area (Å²) in [6.07, 6.45) is -9.23. The van der Waals surface area contributed by atoms with Crippen LogP contribution in [0.1, 0.15) is 27.0 Å². The van der Waals surface area contributed by atoms with Crippen LogP contribution in [0.25, 0.3) is 16.2 Å². The Morgan fingerprint density at radius 2 is 1.65 bits per heavy atom. The van der Waals surface area contributed by atoms with Crippen molar-refractivity contribution in [1.29, 1.82) is 0 Å². The van der Waals surface area contributed by atoms with Crippen LogP contribution in [0.3, 0.4) is 0 Å². The lowest BCUT2D eigenvalue weighted by atomic mass is 10.0. The Labute approximate surface area is 175 Å². The topological polar surface area (TPSA) is 63.2 Å². The summed E-state index contributed by atoms with van der Waals surface area (Å²) in [7, 11) is -4.54. The van der Waals surface area contributed by atoms with E-state index < -0.39 is 45.0 Å². The molecule has 0 unspecified atom stereocenters. The highest BCUT2D eigenvalue weighted by Crippen LogP contribution is 2.37. The molecule has 0 bridgehead atoms. The number of hydrogen-bond donors (Lipinski definition) is 1. The van der Waals surface area contributed by atoms with Gasteiger partial charge in [-0.25, -0.2) is 13.1 Å². The van der Waals surface area contributed by atoms with Crippen LogP contribution in [-0.2, 0) is 22.4 Å².